The number of pyridine rings is 1. The Kier molecular flexibility index (Phi) is 7.67. The van der Waals surface area contributed by atoms with Crippen LogP contribution in [0.15, 0.2) is 47.5 Å². The van der Waals surface area contributed by atoms with Crippen molar-refractivity contribution in [1.82, 2.24) is 10.3 Å². The lowest BCUT2D eigenvalue weighted by atomic mass is 10.3. The van der Waals surface area contributed by atoms with Crippen molar-refractivity contribution in [2.75, 3.05) is 30.7 Å². The minimum absolute atomic E-state index is 0.299. The van der Waals surface area contributed by atoms with Gasteiger partial charge in [0, 0.05) is 36.5 Å². The van der Waals surface area contributed by atoms with Gasteiger partial charge in [-0.15, -0.1) is 11.8 Å². The first-order valence-corrected chi connectivity index (χ1v) is 8.87. The zero-order valence-corrected chi connectivity index (χ0v) is 14.6. The molecule has 26 heavy (non-hydrogen) atoms. The first-order chi connectivity index (χ1) is 12.3. The second-order valence-corrected chi connectivity index (χ2v) is 6.57. The fourth-order valence-corrected chi connectivity index (χ4v) is 2.83. The maximum atomic E-state index is 12.8. The molecule has 0 saturated heterocycles. The van der Waals surface area contributed by atoms with Crippen LogP contribution in [0.25, 0.3) is 0 Å². The van der Waals surface area contributed by atoms with Crippen LogP contribution in [-0.2, 0) is 6.18 Å². The smallest absolute Gasteiger partial charge is 0.391 e. The van der Waals surface area contributed by atoms with E-state index in [1.165, 1.54) is 30.0 Å². The number of aliphatic hydroxyl groups is 1. The number of aromatic nitrogens is 1. The second kappa shape index (κ2) is 9.75. The molecule has 2 aromatic rings. The molecule has 0 radical (unpaired) electrons. The van der Waals surface area contributed by atoms with Gasteiger partial charge in [-0.25, -0.2) is 9.37 Å². The summed E-state index contributed by atoms with van der Waals surface area (Å²) in [4.78, 5) is 4.58. The van der Waals surface area contributed by atoms with E-state index in [0.29, 0.717) is 31.2 Å². The predicted molar refractivity (Wildman–Crippen MR) is 93.7 cm³/mol. The normalized spacial score (nSPS) is 12.8. The van der Waals surface area contributed by atoms with Gasteiger partial charge in [0.2, 0.25) is 0 Å². The van der Waals surface area contributed by atoms with Gasteiger partial charge >= 0.3 is 6.18 Å². The molecule has 0 spiro atoms. The van der Waals surface area contributed by atoms with E-state index in [2.05, 4.69) is 15.6 Å². The van der Waals surface area contributed by atoms with Crippen LogP contribution < -0.4 is 10.6 Å². The Hall–Kier alpha value is -1.84. The third kappa shape index (κ3) is 7.19. The second-order valence-electron chi connectivity index (χ2n) is 5.48. The number of nitrogens with one attached hydrogen (secondary N) is 2. The number of aliphatic hydroxyl groups excluding tert-OH is 1. The van der Waals surface area contributed by atoms with Gasteiger partial charge in [0.15, 0.2) is 0 Å². The molecule has 1 aromatic carbocycles. The monoisotopic (exact) mass is 389 g/mol. The van der Waals surface area contributed by atoms with Crippen LogP contribution in [0.3, 0.4) is 0 Å². The summed E-state index contributed by atoms with van der Waals surface area (Å²) in [5, 5.41) is 15.8. The molecular formula is C17H19F4N3OS. The predicted octanol–water partition coefficient (Wildman–Crippen LogP) is 3.39. The van der Waals surface area contributed by atoms with Crippen molar-refractivity contribution in [2.24, 2.45) is 0 Å². The molecule has 0 unspecified atom stereocenters. The Labute approximate surface area is 153 Å². The van der Waals surface area contributed by atoms with E-state index in [0.717, 1.165) is 17.2 Å². The average Bonchev–Trinajstić information content (AvgIpc) is 2.60. The number of alkyl halides is 3. The molecule has 2 rings (SSSR count). The lowest BCUT2D eigenvalue weighted by Gasteiger charge is -2.12. The maximum absolute atomic E-state index is 12.8. The van der Waals surface area contributed by atoms with E-state index in [1.807, 2.05) is 0 Å². The minimum Gasteiger partial charge on any atom is -0.391 e. The summed E-state index contributed by atoms with van der Waals surface area (Å²) >= 11 is 1.43. The molecule has 1 heterocycles. The summed E-state index contributed by atoms with van der Waals surface area (Å²) < 4.78 is 50.1. The van der Waals surface area contributed by atoms with E-state index in [-0.39, 0.29) is 5.82 Å². The molecule has 1 atom stereocenters. The summed E-state index contributed by atoms with van der Waals surface area (Å²) in [5.74, 6) is 0.519. The molecule has 142 valence electrons. The quantitative estimate of drug-likeness (QED) is 0.349. The number of thioether (sulfide) groups is 1. The highest BCUT2D eigenvalue weighted by atomic mass is 32.2. The van der Waals surface area contributed by atoms with E-state index in [4.69, 9.17) is 0 Å². The van der Waals surface area contributed by atoms with Gasteiger partial charge in [0.1, 0.15) is 11.6 Å². The van der Waals surface area contributed by atoms with Crippen LogP contribution in [0.5, 0.6) is 0 Å². The topological polar surface area (TPSA) is 57.2 Å². The van der Waals surface area contributed by atoms with Gasteiger partial charge in [-0.1, -0.05) is 0 Å². The van der Waals surface area contributed by atoms with Crippen molar-refractivity contribution in [2.45, 2.75) is 17.2 Å². The Morgan fingerprint density at radius 1 is 1.08 bits per heavy atom. The van der Waals surface area contributed by atoms with E-state index in [9.17, 15) is 22.7 Å². The van der Waals surface area contributed by atoms with Crippen LogP contribution in [0.4, 0.5) is 23.4 Å². The molecule has 0 aliphatic heterocycles. The summed E-state index contributed by atoms with van der Waals surface area (Å²) in [7, 11) is 0. The van der Waals surface area contributed by atoms with Crippen molar-refractivity contribution in [1.29, 1.82) is 0 Å². The molecular weight excluding hydrogens is 370 g/mol. The van der Waals surface area contributed by atoms with Crippen LogP contribution in [-0.4, -0.2) is 41.6 Å². The van der Waals surface area contributed by atoms with Crippen molar-refractivity contribution >= 4 is 17.6 Å². The summed E-state index contributed by atoms with van der Waals surface area (Å²) in [6.07, 6.45) is -4.18. The number of benzene rings is 1. The van der Waals surface area contributed by atoms with Gasteiger partial charge in [0.25, 0.3) is 0 Å². The minimum atomic E-state index is -4.39. The van der Waals surface area contributed by atoms with Crippen molar-refractivity contribution < 1.29 is 22.7 Å². The lowest BCUT2D eigenvalue weighted by molar-refractivity contribution is -0.137. The summed E-state index contributed by atoms with van der Waals surface area (Å²) in [5.41, 5.74) is -0.789. The van der Waals surface area contributed by atoms with Gasteiger partial charge in [-0.3, -0.25) is 0 Å². The van der Waals surface area contributed by atoms with Crippen LogP contribution >= 0.6 is 11.8 Å². The molecule has 0 aliphatic rings. The molecule has 0 amide bonds. The fraction of sp³-hybridized carbons (Fsp3) is 0.353. The highest BCUT2D eigenvalue weighted by molar-refractivity contribution is 7.99. The number of rotatable bonds is 9. The highest BCUT2D eigenvalue weighted by Gasteiger charge is 2.30. The Morgan fingerprint density at radius 3 is 2.42 bits per heavy atom. The molecule has 0 saturated carbocycles. The van der Waals surface area contributed by atoms with E-state index >= 15 is 0 Å². The van der Waals surface area contributed by atoms with Crippen molar-refractivity contribution in [3.63, 3.8) is 0 Å². The molecule has 1 aromatic heterocycles. The Balaban J connectivity index is 1.59. The number of hydrogen-bond acceptors (Lipinski definition) is 5. The van der Waals surface area contributed by atoms with Crippen molar-refractivity contribution in [3.8, 4) is 0 Å². The van der Waals surface area contributed by atoms with E-state index < -0.39 is 17.8 Å². The van der Waals surface area contributed by atoms with Crippen molar-refractivity contribution in [3.05, 3.63) is 54.0 Å². The molecule has 9 heteroatoms. The molecule has 3 N–H and O–H groups in total. The Morgan fingerprint density at radius 2 is 1.81 bits per heavy atom. The molecule has 0 bridgehead atoms. The van der Waals surface area contributed by atoms with Gasteiger partial charge in [-0.2, -0.15) is 13.2 Å². The van der Waals surface area contributed by atoms with Gasteiger partial charge < -0.3 is 15.7 Å². The Bertz CT molecular complexity index is 665. The molecule has 4 nitrogen and oxygen atoms in total. The highest BCUT2D eigenvalue weighted by Crippen LogP contribution is 2.28. The van der Waals surface area contributed by atoms with Crippen LogP contribution in [0.2, 0.25) is 0 Å². The zero-order chi connectivity index (χ0) is 19.0. The fourth-order valence-electron chi connectivity index (χ4n) is 2.00. The average molecular weight is 389 g/mol. The summed E-state index contributed by atoms with van der Waals surface area (Å²) in [6, 6.07) is 8.29. The van der Waals surface area contributed by atoms with Crippen LogP contribution in [0.1, 0.15) is 5.56 Å². The van der Waals surface area contributed by atoms with Crippen LogP contribution in [0, 0.1) is 5.82 Å². The first-order valence-electron chi connectivity index (χ1n) is 7.89. The maximum Gasteiger partial charge on any atom is 0.417 e. The molecule has 0 fully saturated rings. The summed E-state index contributed by atoms with van der Waals surface area (Å²) in [6.45, 7) is 1.34. The lowest BCUT2D eigenvalue weighted by Crippen LogP contribution is -2.31. The van der Waals surface area contributed by atoms with Gasteiger partial charge in [-0.05, 0) is 36.4 Å². The third-order valence-corrected chi connectivity index (χ3v) is 4.49. The van der Waals surface area contributed by atoms with Gasteiger partial charge in [0.05, 0.1) is 11.7 Å². The number of halogens is 4. The SMILES string of the molecule is O[C@@H](CNCCNc1ccc(C(F)(F)F)cn1)CSc1ccc(F)cc1. The first kappa shape index (κ1) is 20.5. The molecule has 0 aliphatic carbocycles. The number of hydrogen-bond donors (Lipinski definition) is 3. The largest absolute Gasteiger partial charge is 0.417 e. The van der Waals surface area contributed by atoms with E-state index in [1.54, 1.807) is 12.1 Å². The number of nitrogens with zero attached hydrogens (tertiary/aromatic N) is 1. The zero-order valence-electron chi connectivity index (χ0n) is 13.8. The number of anilines is 1. The standard InChI is InChI=1S/C17H19F4N3OS/c18-13-2-4-15(5-3-13)26-11-14(25)10-22-7-8-23-16-6-1-12(9-24-16)17(19,20)21/h1-6,9,14,22,25H,7-8,10-11H2,(H,23,24)/t14-/m0/s1. The third-order valence-electron chi connectivity index (χ3n) is 3.33.